The topological polar surface area (TPSA) is 24.1 Å². The van der Waals surface area contributed by atoms with Crippen LogP contribution in [0.1, 0.15) is 109 Å². The Morgan fingerprint density at radius 3 is 2.21 bits per heavy atom. The molecular weight excluding hydrogens is 569 g/mol. The fraction of sp³-hybridized carbons (Fsp3) is 0.511. The van der Waals surface area contributed by atoms with E-state index in [0.717, 1.165) is 56.5 Å². The Labute approximate surface area is 290 Å². The van der Waals surface area contributed by atoms with Crippen LogP contribution in [-0.2, 0) is 12.8 Å². The summed E-state index contributed by atoms with van der Waals surface area (Å²) >= 11 is 0. The van der Waals surface area contributed by atoms with Gasteiger partial charge in [0.05, 0.1) is 6.04 Å². The van der Waals surface area contributed by atoms with Crippen molar-refractivity contribution in [2.24, 2.45) is 29.6 Å². The predicted octanol–water partition coefficient (Wildman–Crippen LogP) is 11.9. The van der Waals surface area contributed by atoms with Gasteiger partial charge >= 0.3 is 0 Å². The number of hydrogen-bond donors (Lipinski definition) is 2. The van der Waals surface area contributed by atoms with Crippen LogP contribution in [0.5, 0.6) is 0 Å². The van der Waals surface area contributed by atoms with E-state index >= 15 is 0 Å². The molecule has 5 unspecified atom stereocenters. The molecule has 47 heavy (non-hydrogen) atoms. The second-order valence-corrected chi connectivity index (χ2v) is 14.9. The summed E-state index contributed by atoms with van der Waals surface area (Å²) in [5.41, 5.74) is 9.96. The van der Waals surface area contributed by atoms with E-state index in [0.29, 0.717) is 35.5 Å². The highest BCUT2D eigenvalue weighted by molar-refractivity contribution is 5.33. The Hall–Kier alpha value is -3.26. The minimum Gasteiger partial charge on any atom is -0.387 e. The van der Waals surface area contributed by atoms with E-state index in [4.69, 9.17) is 0 Å². The molecule has 0 spiro atoms. The summed E-state index contributed by atoms with van der Waals surface area (Å²) in [7, 11) is 0. The first kappa shape index (κ1) is 39.9. The van der Waals surface area contributed by atoms with E-state index in [1.54, 1.807) is 0 Å². The molecule has 0 heterocycles. The quantitative estimate of drug-likeness (QED) is 0.0992. The lowest BCUT2D eigenvalue weighted by atomic mass is 9.79. The van der Waals surface area contributed by atoms with E-state index in [1.165, 1.54) is 33.4 Å². The average Bonchev–Trinajstić information content (AvgIpc) is 3.04. The summed E-state index contributed by atoms with van der Waals surface area (Å²) in [5.74, 6) is 3.28. The standard InChI is InChI=1S/C45H68N2/c1-14-42-28-41(25-24-34(42)7)29-45(40(13)46-30-36(9)35(8)27-44(32(4)5)26-31(2)3)47-37(10)21-19-18-20-33(6)38(11)39(12)43-22-16-15-17-23-43/h15-17,19,21-25,28,31,33,36,38-39,44-47H,4,8,10,13-14,18,20,26-27,29-30H2,1-3,5-7,9,11-12H3/b21-19+/t33?,36?,38?,39?,44?,45-/m1/s1. The molecule has 0 saturated carbocycles. The molecule has 0 saturated heterocycles. The summed E-state index contributed by atoms with van der Waals surface area (Å²) in [6, 6.07) is 17.8. The van der Waals surface area contributed by atoms with Crippen LogP contribution in [0.25, 0.3) is 0 Å². The Morgan fingerprint density at radius 1 is 0.915 bits per heavy atom. The van der Waals surface area contributed by atoms with Gasteiger partial charge in [0, 0.05) is 17.9 Å². The molecule has 0 radical (unpaired) electrons. The van der Waals surface area contributed by atoms with Gasteiger partial charge in [-0.3, -0.25) is 0 Å². The van der Waals surface area contributed by atoms with Gasteiger partial charge in [0.1, 0.15) is 0 Å². The summed E-state index contributed by atoms with van der Waals surface area (Å²) in [4.78, 5) is 0. The molecule has 0 aliphatic carbocycles. The average molecular weight is 637 g/mol. The van der Waals surface area contributed by atoms with Crippen LogP contribution in [0.15, 0.2) is 110 Å². The fourth-order valence-electron chi connectivity index (χ4n) is 6.50. The SMILES string of the molecule is C=C(/C=C/CCC(C)C(C)C(C)c1ccccc1)N[C@H](Cc1ccc(C)c(CC)c1)C(=C)NCC(C)C(=C)CC(CC(C)C)C(=C)C. The number of aryl methyl sites for hydroxylation is 2. The second-order valence-electron chi connectivity index (χ2n) is 14.9. The molecule has 2 heteroatoms. The number of benzene rings is 2. The zero-order valence-corrected chi connectivity index (χ0v) is 31.6. The predicted molar refractivity (Wildman–Crippen MR) is 210 cm³/mol. The molecule has 0 fully saturated rings. The van der Waals surface area contributed by atoms with E-state index in [1.807, 2.05) is 0 Å². The largest absolute Gasteiger partial charge is 0.387 e. The number of hydrogen-bond acceptors (Lipinski definition) is 2. The van der Waals surface area contributed by atoms with Crippen molar-refractivity contribution in [1.29, 1.82) is 0 Å². The van der Waals surface area contributed by atoms with Crippen LogP contribution in [0, 0.1) is 36.5 Å². The van der Waals surface area contributed by atoms with Crippen LogP contribution in [-0.4, -0.2) is 12.6 Å². The first-order valence-corrected chi connectivity index (χ1v) is 18.2. The number of allylic oxidation sites excluding steroid dienone is 3. The third-order valence-corrected chi connectivity index (χ3v) is 10.4. The summed E-state index contributed by atoms with van der Waals surface area (Å²) in [6.45, 7) is 39.1. The number of rotatable bonds is 22. The Kier molecular flexibility index (Phi) is 17.1. The van der Waals surface area contributed by atoms with Crippen molar-refractivity contribution in [1.82, 2.24) is 10.6 Å². The lowest BCUT2D eigenvalue weighted by molar-refractivity contribution is 0.322. The molecule has 0 aliphatic heterocycles. The second kappa shape index (κ2) is 20.2. The monoisotopic (exact) mass is 637 g/mol. The van der Waals surface area contributed by atoms with Gasteiger partial charge in [0.15, 0.2) is 0 Å². The third-order valence-electron chi connectivity index (χ3n) is 10.4. The smallest absolute Gasteiger partial charge is 0.0693 e. The first-order chi connectivity index (χ1) is 22.2. The highest BCUT2D eigenvalue weighted by Crippen LogP contribution is 2.32. The van der Waals surface area contributed by atoms with Crippen molar-refractivity contribution >= 4 is 0 Å². The molecule has 6 atom stereocenters. The third kappa shape index (κ3) is 13.8. The van der Waals surface area contributed by atoms with Gasteiger partial charge in [-0.15, -0.1) is 0 Å². The first-order valence-electron chi connectivity index (χ1n) is 18.2. The van der Waals surface area contributed by atoms with Crippen LogP contribution < -0.4 is 10.6 Å². The zero-order chi connectivity index (χ0) is 35.1. The molecule has 258 valence electrons. The van der Waals surface area contributed by atoms with Gasteiger partial charge in [0.2, 0.25) is 0 Å². The van der Waals surface area contributed by atoms with Crippen molar-refractivity contribution in [3.63, 3.8) is 0 Å². The Morgan fingerprint density at radius 2 is 1.60 bits per heavy atom. The molecule has 2 rings (SSSR count). The maximum absolute atomic E-state index is 4.52. The van der Waals surface area contributed by atoms with Gasteiger partial charge < -0.3 is 10.6 Å². The van der Waals surface area contributed by atoms with Crippen molar-refractivity contribution in [2.45, 2.75) is 113 Å². The maximum Gasteiger partial charge on any atom is 0.0693 e. The Bertz CT molecular complexity index is 1310. The van der Waals surface area contributed by atoms with Crippen LogP contribution in [0.2, 0.25) is 0 Å². The van der Waals surface area contributed by atoms with Gasteiger partial charge in [-0.2, -0.15) is 0 Å². The molecule has 2 nitrogen and oxygen atoms in total. The zero-order valence-electron chi connectivity index (χ0n) is 31.6. The summed E-state index contributed by atoms with van der Waals surface area (Å²) in [6.07, 6.45) is 10.7. The Balaban J connectivity index is 2.04. The minimum absolute atomic E-state index is 0.0230. The fourth-order valence-corrected chi connectivity index (χ4v) is 6.50. The molecule has 2 aromatic rings. The van der Waals surface area contributed by atoms with Gasteiger partial charge in [0.25, 0.3) is 0 Å². The van der Waals surface area contributed by atoms with Crippen molar-refractivity contribution in [3.05, 3.63) is 132 Å². The van der Waals surface area contributed by atoms with Gasteiger partial charge in [-0.1, -0.05) is 141 Å². The lowest BCUT2D eigenvalue weighted by Crippen LogP contribution is -2.38. The van der Waals surface area contributed by atoms with Gasteiger partial charge in [-0.05, 0) is 116 Å². The summed E-state index contributed by atoms with van der Waals surface area (Å²) < 4.78 is 0. The van der Waals surface area contributed by atoms with Crippen molar-refractivity contribution < 1.29 is 0 Å². The van der Waals surface area contributed by atoms with E-state index in [2.05, 4.69) is 160 Å². The molecule has 0 bridgehead atoms. The van der Waals surface area contributed by atoms with Crippen LogP contribution >= 0.6 is 0 Å². The maximum atomic E-state index is 4.52. The minimum atomic E-state index is 0.0230. The number of nitrogens with one attached hydrogen (secondary N) is 2. The van der Waals surface area contributed by atoms with Crippen molar-refractivity contribution in [2.75, 3.05) is 6.54 Å². The molecular formula is C45H68N2. The van der Waals surface area contributed by atoms with Crippen molar-refractivity contribution in [3.8, 4) is 0 Å². The van der Waals surface area contributed by atoms with E-state index in [-0.39, 0.29) is 6.04 Å². The van der Waals surface area contributed by atoms with Crippen LogP contribution in [0.3, 0.4) is 0 Å². The normalized spacial score (nSPS) is 15.4. The van der Waals surface area contributed by atoms with E-state index < -0.39 is 0 Å². The van der Waals surface area contributed by atoms with Gasteiger partial charge in [-0.25, -0.2) is 0 Å². The van der Waals surface area contributed by atoms with E-state index in [9.17, 15) is 0 Å². The van der Waals surface area contributed by atoms with Crippen LogP contribution in [0.4, 0.5) is 0 Å². The molecule has 0 amide bonds. The molecule has 2 N–H and O–H groups in total. The molecule has 0 aromatic heterocycles. The molecule has 0 aliphatic rings. The molecule has 2 aromatic carbocycles. The highest BCUT2D eigenvalue weighted by Gasteiger charge is 2.21. The summed E-state index contributed by atoms with van der Waals surface area (Å²) in [5, 5.41) is 7.40. The lowest BCUT2D eigenvalue weighted by Gasteiger charge is -2.27. The highest BCUT2D eigenvalue weighted by atomic mass is 15.0.